The minimum Gasteiger partial charge on any atom is -0.384 e. The van der Waals surface area contributed by atoms with Crippen molar-refractivity contribution in [2.75, 3.05) is 0 Å². The summed E-state index contributed by atoms with van der Waals surface area (Å²) in [6, 6.07) is 4.97. The van der Waals surface area contributed by atoms with Crippen molar-refractivity contribution < 1.29 is 18.3 Å². The smallest absolute Gasteiger partial charge is 0.194 e. The van der Waals surface area contributed by atoms with E-state index in [-0.39, 0.29) is 5.56 Å². The van der Waals surface area contributed by atoms with E-state index >= 15 is 0 Å². The molecule has 0 heterocycles. The van der Waals surface area contributed by atoms with Crippen molar-refractivity contribution in [2.24, 2.45) is 0 Å². The van der Waals surface area contributed by atoms with E-state index in [4.69, 9.17) is 0 Å². The van der Waals surface area contributed by atoms with Gasteiger partial charge in [-0.2, -0.15) is 0 Å². The second kappa shape index (κ2) is 5.87. The molecule has 0 aliphatic heterocycles. The van der Waals surface area contributed by atoms with E-state index in [1.54, 1.807) is 12.1 Å². The Kier molecular flexibility index (Phi) is 4.56. The SMILES string of the molecule is Cc1cc(Br)c(C(O)c2cc(F)c(F)c(F)c2)cc1Br. The summed E-state index contributed by atoms with van der Waals surface area (Å²) >= 11 is 6.61. The zero-order valence-electron chi connectivity index (χ0n) is 10.2. The Labute approximate surface area is 130 Å². The molecule has 1 N–H and O–H groups in total. The summed E-state index contributed by atoms with van der Waals surface area (Å²) in [4.78, 5) is 0. The normalized spacial score (nSPS) is 12.6. The zero-order valence-corrected chi connectivity index (χ0v) is 13.4. The molecule has 0 aliphatic rings. The van der Waals surface area contributed by atoms with E-state index in [0.29, 0.717) is 10.0 Å². The van der Waals surface area contributed by atoms with Gasteiger partial charge in [-0.05, 0) is 42.3 Å². The number of benzene rings is 2. The number of halogens is 5. The van der Waals surface area contributed by atoms with Crippen LogP contribution in [0.4, 0.5) is 13.2 Å². The van der Waals surface area contributed by atoms with Crippen LogP contribution in [0.1, 0.15) is 22.8 Å². The third-order valence-corrected chi connectivity index (χ3v) is 4.44. The molecule has 20 heavy (non-hydrogen) atoms. The highest BCUT2D eigenvalue weighted by molar-refractivity contribution is 9.11. The molecule has 0 aliphatic carbocycles. The topological polar surface area (TPSA) is 20.2 Å². The summed E-state index contributed by atoms with van der Waals surface area (Å²) in [7, 11) is 0. The first-order valence-corrected chi connectivity index (χ1v) is 7.18. The van der Waals surface area contributed by atoms with Crippen molar-refractivity contribution in [1.82, 2.24) is 0 Å². The number of aryl methyl sites for hydroxylation is 1. The standard InChI is InChI=1S/C14H9Br2F3O/c1-6-2-10(16)8(5-9(6)15)14(20)7-3-11(17)13(19)12(18)4-7/h2-5,14,20H,1H3. The summed E-state index contributed by atoms with van der Waals surface area (Å²) in [6.07, 6.45) is -1.27. The lowest BCUT2D eigenvalue weighted by molar-refractivity contribution is 0.217. The van der Waals surface area contributed by atoms with Crippen LogP contribution in [0.2, 0.25) is 0 Å². The maximum atomic E-state index is 13.2. The van der Waals surface area contributed by atoms with Crippen LogP contribution in [0, 0.1) is 24.4 Å². The molecule has 1 atom stereocenters. The lowest BCUT2D eigenvalue weighted by Crippen LogP contribution is -2.04. The minimum absolute atomic E-state index is 0.0575. The number of aliphatic hydroxyl groups excluding tert-OH is 1. The molecule has 0 radical (unpaired) electrons. The first kappa shape index (κ1) is 15.5. The van der Waals surface area contributed by atoms with E-state index in [9.17, 15) is 18.3 Å². The van der Waals surface area contributed by atoms with Gasteiger partial charge >= 0.3 is 0 Å². The Balaban J connectivity index is 2.51. The van der Waals surface area contributed by atoms with Gasteiger partial charge in [0.05, 0.1) is 0 Å². The quantitative estimate of drug-likeness (QED) is 0.690. The van der Waals surface area contributed by atoms with Crippen LogP contribution in [-0.4, -0.2) is 5.11 Å². The molecular weight excluding hydrogens is 401 g/mol. The van der Waals surface area contributed by atoms with Gasteiger partial charge in [-0.15, -0.1) is 0 Å². The molecular formula is C14H9Br2F3O. The van der Waals surface area contributed by atoms with Crippen LogP contribution < -0.4 is 0 Å². The molecule has 0 aromatic heterocycles. The Bertz CT molecular complexity index is 651. The summed E-state index contributed by atoms with van der Waals surface area (Å²) in [5.74, 6) is -4.21. The predicted octanol–water partition coefficient (Wildman–Crippen LogP) is 5.02. The van der Waals surface area contributed by atoms with Crippen molar-refractivity contribution in [2.45, 2.75) is 13.0 Å². The van der Waals surface area contributed by atoms with Gasteiger partial charge in [0.25, 0.3) is 0 Å². The van der Waals surface area contributed by atoms with Gasteiger partial charge in [0, 0.05) is 14.5 Å². The molecule has 0 bridgehead atoms. The molecule has 106 valence electrons. The Morgan fingerprint density at radius 2 is 1.50 bits per heavy atom. The summed E-state index contributed by atoms with van der Waals surface area (Å²) in [6.45, 7) is 1.86. The van der Waals surface area contributed by atoms with Crippen molar-refractivity contribution in [3.63, 3.8) is 0 Å². The van der Waals surface area contributed by atoms with E-state index in [2.05, 4.69) is 31.9 Å². The minimum atomic E-state index is -1.55. The van der Waals surface area contributed by atoms with Gasteiger partial charge in [-0.1, -0.05) is 31.9 Å². The Morgan fingerprint density at radius 1 is 0.950 bits per heavy atom. The molecule has 0 fully saturated rings. The molecule has 2 aromatic rings. The number of aliphatic hydroxyl groups is 1. The lowest BCUT2D eigenvalue weighted by Gasteiger charge is -2.15. The van der Waals surface area contributed by atoms with Crippen molar-refractivity contribution >= 4 is 31.9 Å². The van der Waals surface area contributed by atoms with Crippen molar-refractivity contribution in [3.8, 4) is 0 Å². The fraction of sp³-hybridized carbons (Fsp3) is 0.143. The summed E-state index contributed by atoms with van der Waals surface area (Å²) in [5.41, 5.74) is 1.30. The average Bonchev–Trinajstić information content (AvgIpc) is 2.38. The Hall–Kier alpha value is -0.850. The maximum Gasteiger partial charge on any atom is 0.194 e. The molecule has 2 aromatic carbocycles. The third-order valence-electron chi connectivity index (χ3n) is 2.89. The van der Waals surface area contributed by atoms with E-state index < -0.39 is 23.6 Å². The monoisotopic (exact) mass is 408 g/mol. The second-order valence-electron chi connectivity index (χ2n) is 4.32. The van der Waals surface area contributed by atoms with Crippen molar-refractivity contribution in [3.05, 3.63) is 67.4 Å². The molecule has 1 unspecified atom stereocenters. The van der Waals surface area contributed by atoms with E-state index in [1.807, 2.05) is 6.92 Å². The first-order valence-electron chi connectivity index (χ1n) is 5.59. The van der Waals surface area contributed by atoms with Crippen LogP contribution in [-0.2, 0) is 0 Å². The van der Waals surface area contributed by atoms with Crippen LogP contribution in [0.5, 0.6) is 0 Å². The van der Waals surface area contributed by atoms with Gasteiger partial charge in [0.2, 0.25) is 0 Å². The zero-order chi connectivity index (χ0) is 15.0. The highest BCUT2D eigenvalue weighted by Crippen LogP contribution is 2.33. The summed E-state index contributed by atoms with van der Waals surface area (Å²) < 4.78 is 40.7. The molecule has 0 saturated carbocycles. The molecule has 0 saturated heterocycles. The molecule has 1 nitrogen and oxygen atoms in total. The van der Waals surface area contributed by atoms with Gasteiger partial charge in [0.15, 0.2) is 17.5 Å². The van der Waals surface area contributed by atoms with Gasteiger partial charge in [-0.3, -0.25) is 0 Å². The van der Waals surface area contributed by atoms with Gasteiger partial charge < -0.3 is 5.11 Å². The maximum absolute atomic E-state index is 13.2. The number of rotatable bonds is 2. The largest absolute Gasteiger partial charge is 0.384 e. The fourth-order valence-electron chi connectivity index (χ4n) is 1.78. The average molecular weight is 410 g/mol. The summed E-state index contributed by atoms with van der Waals surface area (Å²) in [5, 5.41) is 10.2. The third kappa shape index (κ3) is 2.92. The number of hydrogen-bond donors (Lipinski definition) is 1. The van der Waals surface area contributed by atoms with Crippen LogP contribution in [0.3, 0.4) is 0 Å². The van der Waals surface area contributed by atoms with E-state index in [0.717, 1.165) is 22.2 Å². The lowest BCUT2D eigenvalue weighted by atomic mass is 10.00. The fourth-order valence-corrected chi connectivity index (χ4v) is 2.82. The van der Waals surface area contributed by atoms with Crippen LogP contribution in [0.15, 0.2) is 33.2 Å². The molecule has 6 heteroatoms. The van der Waals surface area contributed by atoms with Crippen molar-refractivity contribution in [1.29, 1.82) is 0 Å². The first-order chi connectivity index (χ1) is 9.31. The molecule has 0 amide bonds. The van der Waals surface area contributed by atoms with Crippen LogP contribution in [0.25, 0.3) is 0 Å². The highest BCUT2D eigenvalue weighted by atomic mass is 79.9. The highest BCUT2D eigenvalue weighted by Gasteiger charge is 2.19. The second-order valence-corrected chi connectivity index (χ2v) is 6.03. The predicted molar refractivity (Wildman–Crippen MR) is 77.0 cm³/mol. The Morgan fingerprint density at radius 3 is 2.05 bits per heavy atom. The van der Waals surface area contributed by atoms with Gasteiger partial charge in [-0.25, -0.2) is 13.2 Å². The number of hydrogen-bond acceptors (Lipinski definition) is 1. The molecule has 0 spiro atoms. The van der Waals surface area contributed by atoms with Gasteiger partial charge in [0.1, 0.15) is 6.10 Å². The van der Waals surface area contributed by atoms with Crippen LogP contribution >= 0.6 is 31.9 Å². The molecule has 2 rings (SSSR count). The van der Waals surface area contributed by atoms with E-state index in [1.165, 1.54) is 0 Å².